The van der Waals surface area contributed by atoms with Crippen molar-refractivity contribution in [3.05, 3.63) is 0 Å². The first kappa shape index (κ1) is 18.7. The highest BCUT2D eigenvalue weighted by Gasteiger charge is 2.37. The standard InChI is InChI=1S/C18H35N3O2/c1-14(21-10-11-23-13-15(21)2)12-19-17(22)18(3,4)20(5)16-8-6-7-9-16/h14-16H,6-13H2,1-5H3,(H,19,22)/t14-,15-/m0/s1. The van der Waals surface area contributed by atoms with Crippen LogP contribution in [-0.2, 0) is 9.53 Å². The number of carbonyl (C=O) groups is 1. The molecule has 23 heavy (non-hydrogen) atoms. The van der Waals surface area contributed by atoms with Gasteiger partial charge in [-0.05, 0) is 47.6 Å². The van der Waals surface area contributed by atoms with Crippen molar-refractivity contribution in [2.75, 3.05) is 33.4 Å². The lowest BCUT2D eigenvalue weighted by Crippen LogP contribution is -2.58. The summed E-state index contributed by atoms with van der Waals surface area (Å²) >= 11 is 0. The fraction of sp³-hybridized carbons (Fsp3) is 0.944. The minimum Gasteiger partial charge on any atom is -0.379 e. The maximum Gasteiger partial charge on any atom is 0.240 e. The van der Waals surface area contributed by atoms with Crippen LogP contribution in [0.25, 0.3) is 0 Å². The molecule has 0 spiro atoms. The predicted octanol–water partition coefficient (Wildman–Crippen LogP) is 1.86. The maximum absolute atomic E-state index is 12.7. The van der Waals surface area contributed by atoms with E-state index in [-0.39, 0.29) is 5.91 Å². The second-order valence-corrected chi connectivity index (χ2v) is 7.83. The number of hydrogen-bond acceptors (Lipinski definition) is 4. The van der Waals surface area contributed by atoms with Gasteiger partial charge in [-0.15, -0.1) is 0 Å². The zero-order chi connectivity index (χ0) is 17.0. The van der Waals surface area contributed by atoms with Crippen molar-refractivity contribution < 1.29 is 9.53 Å². The number of carbonyl (C=O) groups excluding carboxylic acids is 1. The number of rotatable bonds is 6. The number of nitrogens with zero attached hydrogens (tertiary/aromatic N) is 2. The van der Waals surface area contributed by atoms with E-state index in [1.54, 1.807) is 0 Å². The van der Waals surface area contributed by atoms with Crippen LogP contribution in [0.5, 0.6) is 0 Å². The number of likely N-dealkylation sites (N-methyl/N-ethyl adjacent to an activating group) is 1. The summed E-state index contributed by atoms with van der Waals surface area (Å²) in [7, 11) is 2.10. The average Bonchev–Trinajstić information content (AvgIpc) is 3.06. The van der Waals surface area contributed by atoms with Gasteiger partial charge in [-0.2, -0.15) is 0 Å². The molecule has 2 aliphatic rings. The molecule has 1 N–H and O–H groups in total. The van der Waals surface area contributed by atoms with Gasteiger partial charge in [0.2, 0.25) is 5.91 Å². The van der Waals surface area contributed by atoms with E-state index in [9.17, 15) is 4.79 Å². The van der Waals surface area contributed by atoms with Crippen molar-refractivity contribution in [3.8, 4) is 0 Å². The molecule has 1 saturated carbocycles. The van der Waals surface area contributed by atoms with Gasteiger partial charge in [-0.25, -0.2) is 0 Å². The SMILES string of the molecule is C[C@@H](CNC(=O)C(C)(C)N(C)C1CCCC1)N1CCOC[C@@H]1C. The van der Waals surface area contributed by atoms with Crippen molar-refractivity contribution in [1.82, 2.24) is 15.1 Å². The summed E-state index contributed by atoms with van der Waals surface area (Å²) in [5.41, 5.74) is -0.453. The van der Waals surface area contributed by atoms with Crippen molar-refractivity contribution >= 4 is 5.91 Å². The molecule has 1 amide bonds. The first-order chi connectivity index (χ1) is 10.8. The Morgan fingerprint density at radius 3 is 2.65 bits per heavy atom. The van der Waals surface area contributed by atoms with Gasteiger partial charge in [-0.1, -0.05) is 12.8 Å². The molecule has 0 aromatic heterocycles. The lowest BCUT2D eigenvalue weighted by atomic mass is 9.98. The molecule has 0 aromatic rings. The topological polar surface area (TPSA) is 44.8 Å². The zero-order valence-corrected chi connectivity index (χ0v) is 15.6. The van der Waals surface area contributed by atoms with Crippen LogP contribution < -0.4 is 5.32 Å². The number of nitrogens with one attached hydrogen (secondary N) is 1. The van der Waals surface area contributed by atoms with Crippen LogP contribution in [0.3, 0.4) is 0 Å². The van der Waals surface area contributed by atoms with Crippen molar-refractivity contribution in [1.29, 1.82) is 0 Å². The zero-order valence-electron chi connectivity index (χ0n) is 15.6. The molecule has 5 heteroatoms. The molecule has 134 valence electrons. The molecule has 2 rings (SSSR count). The number of morpholine rings is 1. The molecular weight excluding hydrogens is 290 g/mol. The van der Waals surface area contributed by atoms with E-state index in [0.29, 0.717) is 24.7 Å². The normalized spacial score (nSPS) is 25.7. The summed E-state index contributed by atoms with van der Waals surface area (Å²) in [6.45, 7) is 11.7. The van der Waals surface area contributed by atoms with Gasteiger partial charge in [0.1, 0.15) is 0 Å². The Morgan fingerprint density at radius 1 is 1.39 bits per heavy atom. The van der Waals surface area contributed by atoms with Crippen LogP contribution in [0.15, 0.2) is 0 Å². The summed E-state index contributed by atoms with van der Waals surface area (Å²) in [4.78, 5) is 17.4. The summed E-state index contributed by atoms with van der Waals surface area (Å²) in [6.07, 6.45) is 5.02. The smallest absolute Gasteiger partial charge is 0.240 e. The average molecular weight is 325 g/mol. The minimum atomic E-state index is -0.453. The van der Waals surface area contributed by atoms with Crippen LogP contribution in [-0.4, -0.2) is 72.7 Å². The predicted molar refractivity (Wildman–Crippen MR) is 93.6 cm³/mol. The van der Waals surface area contributed by atoms with E-state index in [0.717, 1.165) is 19.8 Å². The molecule has 0 radical (unpaired) electrons. The van der Waals surface area contributed by atoms with E-state index < -0.39 is 5.54 Å². The molecule has 2 fully saturated rings. The van der Waals surface area contributed by atoms with E-state index in [1.807, 2.05) is 13.8 Å². The van der Waals surface area contributed by atoms with Crippen LogP contribution >= 0.6 is 0 Å². The summed E-state index contributed by atoms with van der Waals surface area (Å²) in [5, 5.41) is 3.18. The molecule has 2 atom stereocenters. The molecule has 5 nitrogen and oxygen atoms in total. The number of ether oxygens (including phenoxy) is 1. The summed E-state index contributed by atoms with van der Waals surface area (Å²) in [5.74, 6) is 0.139. The van der Waals surface area contributed by atoms with Gasteiger partial charge < -0.3 is 10.1 Å². The number of hydrogen-bond donors (Lipinski definition) is 1. The van der Waals surface area contributed by atoms with Gasteiger partial charge in [0.25, 0.3) is 0 Å². The van der Waals surface area contributed by atoms with Gasteiger partial charge in [0, 0.05) is 31.2 Å². The molecule has 0 aromatic carbocycles. The Hall–Kier alpha value is -0.650. The second-order valence-electron chi connectivity index (χ2n) is 7.83. The van der Waals surface area contributed by atoms with Gasteiger partial charge in [0.05, 0.1) is 18.8 Å². The fourth-order valence-corrected chi connectivity index (χ4v) is 3.88. The van der Waals surface area contributed by atoms with E-state index in [1.165, 1.54) is 25.7 Å². The van der Waals surface area contributed by atoms with Gasteiger partial charge in [0.15, 0.2) is 0 Å². The first-order valence-corrected chi connectivity index (χ1v) is 9.18. The third kappa shape index (κ3) is 4.46. The monoisotopic (exact) mass is 325 g/mol. The third-order valence-electron chi connectivity index (χ3n) is 5.85. The third-order valence-corrected chi connectivity index (χ3v) is 5.85. The summed E-state index contributed by atoms with van der Waals surface area (Å²) < 4.78 is 5.49. The van der Waals surface area contributed by atoms with E-state index in [4.69, 9.17) is 4.74 Å². The summed E-state index contributed by atoms with van der Waals surface area (Å²) in [6, 6.07) is 1.31. The second kappa shape index (κ2) is 7.95. The molecule has 1 aliphatic carbocycles. The van der Waals surface area contributed by atoms with Gasteiger partial charge in [-0.3, -0.25) is 14.6 Å². The molecule has 1 saturated heterocycles. The Labute approximate surface area is 141 Å². The van der Waals surface area contributed by atoms with Crippen molar-refractivity contribution in [2.24, 2.45) is 0 Å². The quantitative estimate of drug-likeness (QED) is 0.810. The Kier molecular flexibility index (Phi) is 6.46. The van der Waals surface area contributed by atoms with Crippen LogP contribution in [0, 0.1) is 0 Å². The largest absolute Gasteiger partial charge is 0.379 e. The van der Waals surface area contributed by atoms with Crippen molar-refractivity contribution in [3.63, 3.8) is 0 Å². The lowest BCUT2D eigenvalue weighted by molar-refractivity contribution is -0.132. The Bertz CT molecular complexity index is 394. The Balaban J connectivity index is 1.84. The van der Waals surface area contributed by atoms with Crippen LogP contribution in [0.4, 0.5) is 0 Å². The van der Waals surface area contributed by atoms with Gasteiger partial charge >= 0.3 is 0 Å². The highest BCUT2D eigenvalue weighted by molar-refractivity contribution is 5.85. The van der Waals surface area contributed by atoms with Crippen LogP contribution in [0.1, 0.15) is 53.4 Å². The highest BCUT2D eigenvalue weighted by atomic mass is 16.5. The molecular formula is C18H35N3O2. The van der Waals surface area contributed by atoms with E-state index in [2.05, 4.69) is 36.0 Å². The van der Waals surface area contributed by atoms with Crippen LogP contribution in [0.2, 0.25) is 0 Å². The Morgan fingerprint density at radius 2 is 2.04 bits per heavy atom. The highest BCUT2D eigenvalue weighted by Crippen LogP contribution is 2.27. The minimum absolute atomic E-state index is 0.139. The number of amides is 1. The lowest BCUT2D eigenvalue weighted by Gasteiger charge is -2.40. The fourth-order valence-electron chi connectivity index (χ4n) is 3.88. The molecule has 1 heterocycles. The maximum atomic E-state index is 12.7. The van der Waals surface area contributed by atoms with Crippen molar-refractivity contribution in [2.45, 2.75) is 77.0 Å². The van der Waals surface area contributed by atoms with E-state index >= 15 is 0 Å². The first-order valence-electron chi connectivity index (χ1n) is 9.18. The molecule has 0 bridgehead atoms. The molecule has 0 unspecified atom stereocenters. The molecule has 1 aliphatic heterocycles.